The van der Waals surface area contributed by atoms with E-state index in [4.69, 9.17) is 5.73 Å². The molecule has 1 rings (SSSR count). The van der Waals surface area contributed by atoms with Gasteiger partial charge in [-0.1, -0.05) is 0 Å². The minimum Gasteiger partial charge on any atom is -0.354 e. The number of nitrogens with one attached hydrogen (secondary N) is 1. The van der Waals surface area contributed by atoms with Gasteiger partial charge in [0, 0.05) is 52.4 Å². The van der Waals surface area contributed by atoms with Crippen LogP contribution in [0.2, 0.25) is 0 Å². The number of hydrogen-bond acceptors (Lipinski definition) is 5. The minimum atomic E-state index is 0.0854. The predicted octanol–water partition coefficient (Wildman–Crippen LogP) is -1.76. The molecule has 1 aliphatic heterocycles. The van der Waals surface area contributed by atoms with Gasteiger partial charge in [0.2, 0.25) is 5.91 Å². The Balaban J connectivity index is 2.13. The highest BCUT2D eigenvalue weighted by atomic mass is 16.2. The van der Waals surface area contributed by atoms with Crippen molar-refractivity contribution >= 4 is 5.91 Å². The molecule has 6 nitrogen and oxygen atoms in total. The molecule has 1 aliphatic rings. The molecule has 0 saturated carbocycles. The first-order valence-corrected chi connectivity index (χ1v) is 6.68. The van der Waals surface area contributed by atoms with Crippen LogP contribution in [0, 0.1) is 0 Å². The zero-order valence-electron chi connectivity index (χ0n) is 11.7. The van der Waals surface area contributed by atoms with Crippen LogP contribution in [0.4, 0.5) is 0 Å². The van der Waals surface area contributed by atoms with Crippen LogP contribution in [0.15, 0.2) is 0 Å². The third-order valence-electron chi connectivity index (χ3n) is 3.16. The summed E-state index contributed by atoms with van der Waals surface area (Å²) in [6.45, 7) is 7.84. The number of nitrogens with two attached hydrogens (primary N) is 1. The zero-order chi connectivity index (χ0) is 13.4. The number of hydrogen-bond donors (Lipinski definition) is 2. The fourth-order valence-corrected chi connectivity index (χ4v) is 1.98. The van der Waals surface area contributed by atoms with E-state index in [2.05, 4.69) is 34.1 Å². The molecule has 0 unspecified atom stereocenters. The smallest absolute Gasteiger partial charge is 0.234 e. The number of amides is 1. The van der Waals surface area contributed by atoms with Crippen LogP contribution in [0.1, 0.15) is 0 Å². The van der Waals surface area contributed by atoms with E-state index in [0.717, 1.165) is 39.3 Å². The topological polar surface area (TPSA) is 64.8 Å². The molecule has 0 aliphatic carbocycles. The molecule has 18 heavy (non-hydrogen) atoms. The summed E-state index contributed by atoms with van der Waals surface area (Å²) < 4.78 is 0. The first-order valence-electron chi connectivity index (χ1n) is 6.68. The summed E-state index contributed by atoms with van der Waals surface area (Å²) in [7, 11) is 4.19. The molecule has 0 aromatic rings. The van der Waals surface area contributed by atoms with Gasteiger partial charge in [0.15, 0.2) is 0 Å². The Morgan fingerprint density at radius 2 is 1.83 bits per heavy atom. The van der Waals surface area contributed by atoms with Crippen LogP contribution < -0.4 is 11.1 Å². The Kier molecular flexibility index (Phi) is 7.19. The molecule has 0 aromatic carbocycles. The monoisotopic (exact) mass is 257 g/mol. The van der Waals surface area contributed by atoms with Crippen LogP contribution in [-0.2, 0) is 4.79 Å². The maximum atomic E-state index is 11.5. The highest BCUT2D eigenvalue weighted by Gasteiger charge is 2.18. The summed E-state index contributed by atoms with van der Waals surface area (Å²) in [6.07, 6.45) is 0. The van der Waals surface area contributed by atoms with Crippen molar-refractivity contribution in [2.24, 2.45) is 5.73 Å². The second kappa shape index (κ2) is 8.42. The summed E-state index contributed by atoms with van der Waals surface area (Å²) >= 11 is 0. The average Bonchev–Trinajstić information content (AvgIpc) is 2.35. The third kappa shape index (κ3) is 6.30. The fourth-order valence-electron chi connectivity index (χ4n) is 1.98. The molecule has 1 amide bonds. The number of likely N-dealkylation sites (N-methyl/N-ethyl adjacent to an activating group) is 1. The minimum absolute atomic E-state index is 0.0854. The van der Waals surface area contributed by atoms with Crippen molar-refractivity contribution in [2.45, 2.75) is 0 Å². The van der Waals surface area contributed by atoms with Crippen molar-refractivity contribution < 1.29 is 4.79 Å². The summed E-state index contributed by atoms with van der Waals surface area (Å²) in [5.74, 6) is 0.0854. The number of carbonyl (C=O) groups is 1. The molecule has 0 bridgehead atoms. The van der Waals surface area contributed by atoms with Crippen LogP contribution in [0.25, 0.3) is 0 Å². The van der Waals surface area contributed by atoms with Gasteiger partial charge in [-0.3, -0.25) is 14.6 Å². The van der Waals surface area contributed by atoms with E-state index in [9.17, 15) is 4.79 Å². The van der Waals surface area contributed by atoms with E-state index in [1.54, 1.807) is 0 Å². The van der Waals surface area contributed by atoms with Crippen molar-refractivity contribution in [3.8, 4) is 0 Å². The normalized spacial score (nSPS) is 18.2. The lowest BCUT2D eigenvalue weighted by molar-refractivity contribution is -0.122. The van der Waals surface area contributed by atoms with Gasteiger partial charge in [0.1, 0.15) is 0 Å². The van der Waals surface area contributed by atoms with E-state index in [1.165, 1.54) is 0 Å². The standard InChI is InChI=1S/C12H27N5O/c1-15(2)5-6-16-7-9-17(10-8-16)11-12(18)14-4-3-13/h3-11,13H2,1-2H3,(H,14,18). The van der Waals surface area contributed by atoms with E-state index < -0.39 is 0 Å². The van der Waals surface area contributed by atoms with E-state index in [-0.39, 0.29) is 5.91 Å². The number of piperazine rings is 1. The largest absolute Gasteiger partial charge is 0.354 e. The predicted molar refractivity (Wildman–Crippen MR) is 73.5 cm³/mol. The Labute approximate surface area is 110 Å². The van der Waals surface area contributed by atoms with Crippen molar-refractivity contribution in [1.82, 2.24) is 20.0 Å². The van der Waals surface area contributed by atoms with Crippen molar-refractivity contribution in [1.29, 1.82) is 0 Å². The summed E-state index contributed by atoms with van der Waals surface area (Å²) in [6, 6.07) is 0. The van der Waals surface area contributed by atoms with Crippen LogP contribution in [0.3, 0.4) is 0 Å². The van der Waals surface area contributed by atoms with Crippen LogP contribution >= 0.6 is 0 Å². The second-order valence-corrected chi connectivity index (χ2v) is 5.06. The maximum Gasteiger partial charge on any atom is 0.234 e. The summed E-state index contributed by atoms with van der Waals surface area (Å²) in [4.78, 5) is 18.4. The SMILES string of the molecule is CN(C)CCN1CCN(CC(=O)NCCN)CC1. The molecule has 0 atom stereocenters. The maximum absolute atomic E-state index is 11.5. The molecule has 1 heterocycles. The van der Waals surface area contributed by atoms with Crippen molar-refractivity contribution in [3.05, 3.63) is 0 Å². The second-order valence-electron chi connectivity index (χ2n) is 5.06. The number of carbonyl (C=O) groups excluding carboxylic acids is 1. The van der Waals surface area contributed by atoms with Crippen molar-refractivity contribution in [3.63, 3.8) is 0 Å². The quantitative estimate of drug-likeness (QED) is 0.566. The lowest BCUT2D eigenvalue weighted by Gasteiger charge is -2.34. The number of nitrogens with zero attached hydrogens (tertiary/aromatic N) is 3. The first-order chi connectivity index (χ1) is 8.61. The zero-order valence-corrected chi connectivity index (χ0v) is 11.7. The molecule has 0 spiro atoms. The van der Waals surface area contributed by atoms with E-state index >= 15 is 0 Å². The fraction of sp³-hybridized carbons (Fsp3) is 0.917. The molecule has 1 fully saturated rings. The average molecular weight is 257 g/mol. The number of rotatable bonds is 7. The summed E-state index contributed by atoms with van der Waals surface area (Å²) in [5.41, 5.74) is 5.35. The Bertz CT molecular complexity index is 239. The van der Waals surface area contributed by atoms with E-state index in [0.29, 0.717) is 19.6 Å². The van der Waals surface area contributed by atoms with Gasteiger partial charge in [0.25, 0.3) is 0 Å². The van der Waals surface area contributed by atoms with Gasteiger partial charge >= 0.3 is 0 Å². The molecule has 0 aromatic heterocycles. The van der Waals surface area contributed by atoms with E-state index in [1.807, 2.05) is 0 Å². The van der Waals surface area contributed by atoms with Gasteiger partial charge < -0.3 is 16.0 Å². The molecule has 6 heteroatoms. The molecule has 1 saturated heterocycles. The van der Waals surface area contributed by atoms with Crippen LogP contribution in [-0.4, -0.2) is 93.6 Å². The molecule has 0 radical (unpaired) electrons. The molecule has 106 valence electrons. The van der Waals surface area contributed by atoms with Crippen LogP contribution in [0.5, 0.6) is 0 Å². The van der Waals surface area contributed by atoms with Crippen molar-refractivity contribution in [2.75, 3.05) is 73.0 Å². The Hall–Kier alpha value is -0.690. The third-order valence-corrected chi connectivity index (χ3v) is 3.16. The van der Waals surface area contributed by atoms with Gasteiger partial charge in [-0.05, 0) is 14.1 Å². The lowest BCUT2D eigenvalue weighted by atomic mass is 10.3. The van der Waals surface area contributed by atoms with Gasteiger partial charge in [-0.25, -0.2) is 0 Å². The molecule has 3 N–H and O–H groups in total. The first kappa shape index (κ1) is 15.4. The molecular weight excluding hydrogens is 230 g/mol. The Morgan fingerprint density at radius 1 is 1.22 bits per heavy atom. The summed E-state index contributed by atoms with van der Waals surface area (Å²) in [5, 5.41) is 2.81. The lowest BCUT2D eigenvalue weighted by Crippen LogP contribution is -2.50. The van der Waals surface area contributed by atoms with Gasteiger partial charge in [-0.2, -0.15) is 0 Å². The Morgan fingerprint density at radius 3 is 2.39 bits per heavy atom. The highest BCUT2D eigenvalue weighted by Crippen LogP contribution is 2.00. The van der Waals surface area contributed by atoms with Gasteiger partial charge in [0.05, 0.1) is 6.54 Å². The molecular formula is C12H27N5O. The van der Waals surface area contributed by atoms with Gasteiger partial charge in [-0.15, -0.1) is 0 Å². The highest BCUT2D eigenvalue weighted by molar-refractivity contribution is 5.78.